The molecule has 1 aromatic rings. The molecule has 0 fully saturated rings. The van der Waals surface area contributed by atoms with Crippen molar-refractivity contribution >= 4 is 5.91 Å². The Bertz CT molecular complexity index is 296. The number of nitrogens with two attached hydrogens (primary N) is 1. The normalized spacial score (nSPS) is 14.6. The predicted molar refractivity (Wildman–Crippen MR) is 57.9 cm³/mol. The summed E-state index contributed by atoms with van der Waals surface area (Å²) in [6.45, 7) is 4.44. The molecule has 0 radical (unpaired) electrons. The molecule has 84 valence electrons. The second kappa shape index (κ2) is 5.50. The number of hydrogen-bond acceptors (Lipinski definition) is 3. The molecule has 1 rings (SSSR count). The highest BCUT2D eigenvalue weighted by molar-refractivity contribution is 5.81. The molecule has 0 saturated carbocycles. The Kier molecular flexibility index (Phi) is 4.30. The minimum Gasteiger partial charge on any atom is -0.349 e. The Morgan fingerprint density at radius 3 is 3.00 bits per heavy atom. The largest absolute Gasteiger partial charge is 0.349 e. The first-order chi connectivity index (χ1) is 7.15. The third kappa shape index (κ3) is 3.36. The van der Waals surface area contributed by atoms with Gasteiger partial charge >= 0.3 is 0 Å². The molecule has 0 saturated heterocycles. The van der Waals surface area contributed by atoms with Crippen LogP contribution in [0.3, 0.4) is 0 Å². The Balaban J connectivity index is 2.36. The fourth-order valence-electron chi connectivity index (χ4n) is 1.20. The Labute approximate surface area is 89.4 Å². The molecular weight excluding hydrogens is 192 g/mol. The molecule has 0 bridgehead atoms. The van der Waals surface area contributed by atoms with Crippen LogP contribution >= 0.6 is 0 Å². The Morgan fingerprint density at radius 2 is 2.47 bits per heavy atom. The van der Waals surface area contributed by atoms with Crippen molar-refractivity contribution in [3.05, 3.63) is 18.0 Å². The number of carbonyl (C=O) groups is 1. The summed E-state index contributed by atoms with van der Waals surface area (Å²) in [5.41, 5.74) is 6.65. The number of carbonyl (C=O) groups excluding carboxylic acids is 1. The quantitative estimate of drug-likeness (QED) is 0.657. The average molecular weight is 210 g/mol. The average Bonchev–Trinajstić information content (AvgIpc) is 2.76. The summed E-state index contributed by atoms with van der Waals surface area (Å²) < 4.78 is 0. The molecule has 2 unspecified atom stereocenters. The summed E-state index contributed by atoms with van der Waals surface area (Å²) in [6, 6.07) is 1.38. The molecule has 0 aliphatic rings. The maximum Gasteiger partial charge on any atom is 0.237 e. The lowest BCUT2D eigenvalue weighted by atomic mass is 9.99. The molecule has 1 aromatic heterocycles. The predicted octanol–water partition coefficient (Wildman–Crippen LogP) is 0.399. The molecule has 0 spiro atoms. The van der Waals surface area contributed by atoms with Gasteiger partial charge in [0.25, 0.3) is 0 Å². The zero-order valence-corrected chi connectivity index (χ0v) is 9.16. The van der Waals surface area contributed by atoms with E-state index in [-0.39, 0.29) is 11.8 Å². The van der Waals surface area contributed by atoms with Gasteiger partial charge in [0.05, 0.1) is 18.3 Å². The first-order valence-electron chi connectivity index (χ1n) is 5.16. The molecule has 15 heavy (non-hydrogen) atoms. The number of nitrogens with one attached hydrogen (secondary N) is 2. The van der Waals surface area contributed by atoms with Crippen molar-refractivity contribution in [2.24, 2.45) is 11.7 Å². The molecule has 1 heterocycles. The maximum absolute atomic E-state index is 11.6. The van der Waals surface area contributed by atoms with Crippen LogP contribution in [0.5, 0.6) is 0 Å². The molecule has 1 amide bonds. The van der Waals surface area contributed by atoms with Gasteiger partial charge in [0, 0.05) is 6.20 Å². The molecule has 0 aliphatic carbocycles. The monoisotopic (exact) mass is 210 g/mol. The van der Waals surface area contributed by atoms with E-state index in [9.17, 15) is 4.79 Å². The lowest BCUT2D eigenvalue weighted by molar-refractivity contribution is -0.123. The number of H-pyrrole nitrogens is 1. The van der Waals surface area contributed by atoms with Gasteiger partial charge in [-0.3, -0.25) is 9.89 Å². The first kappa shape index (κ1) is 11.7. The smallest absolute Gasteiger partial charge is 0.237 e. The summed E-state index contributed by atoms with van der Waals surface area (Å²) in [5, 5.41) is 9.32. The Morgan fingerprint density at radius 1 is 1.73 bits per heavy atom. The zero-order valence-electron chi connectivity index (χ0n) is 9.16. The molecule has 5 nitrogen and oxygen atoms in total. The number of aromatic amines is 1. The standard InChI is InChI=1S/C10H18N4O/c1-3-7(2)9(11)10(15)12-6-8-4-5-13-14-8/h4-5,7,9H,3,6,11H2,1-2H3,(H,12,15)(H,13,14). The highest BCUT2D eigenvalue weighted by Gasteiger charge is 2.18. The summed E-state index contributed by atoms with van der Waals surface area (Å²) in [6.07, 6.45) is 2.55. The summed E-state index contributed by atoms with van der Waals surface area (Å²) in [7, 11) is 0. The van der Waals surface area contributed by atoms with E-state index in [0.717, 1.165) is 12.1 Å². The van der Waals surface area contributed by atoms with Crippen LogP contribution in [0.15, 0.2) is 12.3 Å². The zero-order chi connectivity index (χ0) is 11.3. The number of hydrogen-bond donors (Lipinski definition) is 3. The number of amides is 1. The van der Waals surface area contributed by atoms with Gasteiger partial charge in [0.2, 0.25) is 5.91 Å². The lowest BCUT2D eigenvalue weighted by Crippen LogP contribution is -2.44. The summed E-state index contributed by atoms with van der Waals surface area (Å²) in [4.78, 5) is 11.6. The van der Waals surface area contributed by atoms with Crippen molar-refractivity contribution in [3.63, 3.8) is 0 Å². The van der Waals surface area contributed by atoms with E-state index in [1.165, 1.54) is 0 Å². The van der Waals surface area contributed by atoms with Gasteiger partial charge < -0.3 is 11.1 Å². The third-order valence-corrected chi connectivity index (χ3v) is 2.57. The van der Waals surface area contributed by atoms with Crippen LogP contribution in [0.1, 0.15) is 26.0 Å². The number of rotatable bonds is 5. The van der Waals surface area contributed by atoms with Gasteiger partial charge in [-0.15, -0.1) is 0 Å². The van der Waals surface area contributed by atoms with E-state index >= 15 is 0 Å². The van der Waals surface area contributed by atoms with Crippen LogP contribution in [-0.2, 0) is 11.3 Å². The van der Waals surface area contributed by atoms with Crippen LogP contribution in [0, 0.1) is 5.92 Å². The van der Waals surface area contributed by atoms with E-state index in [1.54, 1.807) is 6.20 Å². The number of aromatic nitrogens is 2. The summed E-state index contributed by atoms with van der Waals surface area (Å²) in [5.74, 6) is 0.0886. The van der Waals surface area contributed by atoms with E-state index in [1.807, 2.05) is 19.9 Å². The minimum atomic E-state index is -0.432. The van der Waals surface area contributed by atoms with Crippen molar-refractivity contribution in [1.82, 2.24) is 15.5 Å². The highest BCUT2D eigenvalue weighted by atomic mass is 16.2. The fraction of sp³-hybridized carbons (Fsp3) is 0.600. The third-order valence-electron chi connectivity index (χ3n) is 2.57. The highest BCUT2D eigenvalue weighted by Crippen LogP contribution is 2.05. The molecule has 0 aliphatic heterocycles. The van der Waals surface area contributed by atoms with Crippen molar-refractivity contribution < 1.29 is 4.79 Å². The SMILES string of the molecule is CCC(C)C(N)C(=O)NCc1ccn[nH]1. The van der Waals surface area contributed by atoms with Crippen LogP contribution in [0.25, 0.3) is 0 Å². The van der Waals surface area contributed by atoms with E-state index in [0.29, 0.717) is 6.54 Å². The summed E-state index contributed by atoms with van der Waals surface area (Å²) >= 11 is 0. The van der Waals surface area contributed by atoms with Crippen molar-refractivity contribution in [2.75, 3.05) is 0 Å². The van der Waals surface area contributed by atoms with Crippen LogP contribution in [-0.4, -0.2) is 22.1 Å². The topological polar surface area (TPSA) is 83.8 Å². The minimum absolute atomic E-state index is 0.112. The number of nitrogens with zero attached hydrogens (tertiary/aromatic N) is 1. The van der Waals surface area contributed by atoms with Crippen molar-refractivity contribution in [3.8, 4) is 0 Å². The molecular formula is C10H18N4O. The van der Waals surface area contributed by atoms with Gasteiger partial charge in [0.1, 0.15) is 0 Å². The Hall–Kier alpha value is -1.36. The van der Waals surface area contributed by atoms with E-state index < -0.39 is 6.04 Å². The van der Waals surface area contributed by atoms with Crippen LogP contribution in [0.2, 0.25) is 0 Å². The van der Waals surface area contributed by atoms with Gasteiger partial charge in [-0.05, 0) is 12.0 Å². The van der Waals surface area contributed by atoms with Crippen LogP contribution in [0.4, 0.5) is 0 Å². The van der Waals surface area contributed by atoms with Gasteiger partial charge in [0.15, 0.2) is 0 Å². The fourth-order valence-corrected chi connectivity index (χ4v) is 1.20. The van der Waals surface area contributed by atoms with Gasteiger partial charge in [-0.1, -0.05) is 20.3 Å². The van der Waals surface area contributed by atoms with Crippen LogP contribution < -0.4 is 11.1 Å². The molecule has 0 aromatic carbocycles. The molecule has 4 N–H and O–H groups in total. The van der Waals surface area contributed by atoms with Gasteiger partial charge in [-0.25, -0.2) is 0 Å². The van der Waals surface area contributed by atoms with Crippen molar-refractivity contribution in [1.29, 1.82) is 0 Å². The van der Waals surface area contributed by atoms with E-state index in [4.69, 9.17) is 5.73 Å². The maximum atomic E-state index is 11.6. The molecule has 2 atom stereocenters. The molecule has 5 heteroatoms. The first-order valence-corrected chi connectivity index (χ1v) is 5.16. The van der Waals surface area contributed by atoms with Gasteiger partial charge in [-0.2, -0.15) is 5.10 Å². The second-order valence-corrected chi connectivity index (χ2v) is 3.71. The lowest BCUT2D eigenvalue weighted by Gasteiger charge is -2.17. The van der Waals surface area contributed by atoms with E-state index in [2.05, 4.69) is 15.5 Å². The second-order valence-electron chi connectivity index (χ2n) is 3.71. The van der Waals surface area contributed by atoms with Crippen molar-refractivity contribution in [2.45, 2.75) is 32.9 Å².